The molecule has 0 aliphatic carbocycles. The molecular weight excluding hydrogens is 354 g/mol. The van der Waals surface area contributed by atoms with Crippen LogP contribution in [0.25, 0.3) is 0 Å². The quantitative estimate of drug-likeness (QED) is 0.792. The van der Waals surface area contributed by atoms with E-state index in [4.69, 9.17) is 0 Å². The molecule has 154 valence electrons. The van der Waals surface area contributed by atoms with Gasteiger partial charge in [0.2, 0.25) is 5.91 Å². The molecular formula is C21H33N5O2. The number of carbonyl (C=O) groups is 2. The van der Waals surface area contributed by atoms with Crippen molar-refractivity contribution in [1.29, 1.82) is 0 Å². The van der Waals surface area contributed by atoms with Gasteiger partial charge in [-0.25, -0.2) is 0 Å². The van der Waals surface area contributed by atoms with Gasteiger partial charge < -0.3 is 9.80 Å². The minimum Gasteiger partial charge on any atom is -0.342 e. The van der Waals surface area contributed by atoms with Crippen molar-refractivity contribution in [3.05, 3.63) is 17.5 Å². The van der Waals surface area contributed by atoms with Gasteiger partial charge in [0.1, 0.15) is 0 Å². The second kappa shape index (κ2) is 8.23. The Hall–Kier alpha value is -1.89. The zero-order chi connectivity index (χ0) is 19.7. The number of rotatable bonds is 3. The Kier molecular flexibility index (Phi) is 5.71. The minimum atomic E-state index is 0.102. The van der Waals surface area contributed by atoms with E-state index in [0.29, 0.717) is 11.9 Å². The molecule has 0 N–H and O–H groups in total. The van der Waals surface area contributed by atoms with Crippen molar-refractivity contribution in [2.24, 2.45) is 13.0 Å². The summed E-state index contributed by atoms with van der Waals surface area (Å²) in [5, 5.41) is 4.30. The van der Waals surface area contributed by atoms with Gasteiger partial charge in [0.15, 0.2) is 0 Å². The number of nitrogens with zero attached hydrogens (tertiary/aromatic N) is 5. The second-order valence-electron chi connectivity index (χ2n) is 8.69. The highest BCUT2D eigenvalue weighted by molar-refractivity contribution is 5.95. The van der Waals surface area contributed by atoms with E-state index in [1.54, 1.807) is 4.68 Å². The molecule has 1 atom stereocenters. The van der Waals surface area contributed by atoms with Crippen LogP contribution in [0.3, 0.4) is 0 Å². The predicted molar refractivity (Wildman–Crippen MR) is 107 cm³/mol. The first-order valence-electron chi connectivity index (χ1n) is 10.9. The van der Waals surface area contributed by atoms with Crippen molar-refractivity contribution in [1.82, 2.24) is 24.5 Å². The van der Waals surface area contributed by atoms with E-state index in [1.807, 2.05) is 25.1 Å². The highest BCUT2D eigenvalue weighted by Gasteiger charge is 2.35. The zero-order valence-corrected chi connectivity index (χ0v) is 17.3. The smallest absolute Gasteiger partial charge is 0.257 e. The average Bonchev–Trinajstić information content (AvgIpc) is 3.37. The first kappa shape index (κ1) is 19.4. The van der Waals surface area contributed by atoms with Gasteiger partial charge in [-0.3, -0.25) is 19.2 Å². The average molecular weight is 388 g/mol. The van der Waals surface area contributed by atoms with Crippen molar-refractivity contribution >= 4 is 11.8 Å². The largest absolute Gasteiger partial charge is 0.342 e. The lowest BCUT2D eigenvalue weighted by molar-refractivity contribution is -0.136. The fraction of sp³-hybridized carbons (Fsp3) is 0.762. The maximum Gasteiger partial charge on any atom is 0.257 e. The van der Waals surface area contributed by atoms with Crippen LogP contribution in [0.4, 0.5) is 0 Å². The molecule has 3 saturated heterocycles. The first-order chi connectivity index (χ1) is 13.5. The number of hydrogen-bond acceptors (Lipinski definition) is 4. The summed E-state index contributed by atoms with van der Waals surface area (Å²) in [5.41, 5.74) is 1.52. The van der Waals surface area contributed by atoms with E-state index in [1.165, 1.54) is 0 Å². The standard InChI is InChI=1S/C21H33N5O2/c1-16-19(15-23(2)22-16)21(28)25-12-7-18(8-13-25)26-11-5-6-17(14-26)20(27)24-9-3-4-10-24/h15,17-18H,3-14H2,1-2H3/t17-/m0/s1. The Balaban J connectivity index is 1.31. The van der Waals surface area contributed by atoms with Crippen LogP contribution in [0.2, 0.25) is 0 Å². The third kappa shape index (κ3) is 3.95. The Morgan fingerprint density at radius 1 is 0.964 bits per heavy atom. The van der Waals surface area contributed by atoms with E-state index in [0.717, 1.165) is 89.1 Å². The lowest BCUT2D eigenvalue weighted by atomic mass is 9.92. The van der Waals surface area contributed by atoms with Gasteiger partial charge in [-0.2, -0.15) is 5.10 Å². The van der Waals surface area contributed by atoms with Crippen LogP contribution in [0.15, 0.2) is 6.20 Å². The molecule has 1 aromatic rings. The summed E-state index contributed by atoms with van der Waals surface area (Å²) in [6.45, 7) is 7.36. The van der Waals surface area contributed by atoms with Crippen molar-refractivity contribution < 1.29 is 9.59 Å². The number of piperidine rings is 2. The molecule has 0 spiro atoms. The molecule has 4 heterocycles. The van der Waals surface area contributed by atoms with Crippen LogP contribution in [0.1, 0.15) is 54.6 Å². The van der Waals surface area contributed by atoms with Gasteiger partial charge in [0.25, 0.3) is 5.91 Å². The summed E-state index contributed by atoms with van der Waals surface area (Å²) in [7, 11) is 1.85. The molecule has 7 nitrogen and oxygen atoms in total. The van der Waals surface area contributed by atoms with Crippen LogP contribution in [0, 0.1) is 12.8 Å². The van der Waals surface area contributed by atoms with Gasteiger partial charge in [0, 0.05) is 52.0 Å². The second-order valence-corrected chi connectivity index (χ2v) is 8.69. The number of hydrogen-bond donors (Lipinski definition) is 0. The molecule has 3 aliphatic heterocycles. The lowest BCUT2D eigenvalue weighted by Gasteiger charge is -2.42. The predicted octanol–water partition coefficient (Wildman–Crippen LogP) is 1.67. The Morgan fingerprint density at radius 2 is 1.68 bits per heavy atom. The third-order valence-electron chi connectivity index (χ3n) is 6.73. The molecule has 2 amide bonds. The maximum absolute atomic E-state index is 12.8. The topological polar surface area (TPSA) is 61.7 Å². The van der Waals surface area contributed by atoms with Gasteiger partial charge in [0.05, 0.1) is 17.2 Å². The number of amides is 2. The fourth-order valence-electron chi connectivity index (χ4n) is 5.15. The SMILES string of the molecule is Cc1nn(C)cc1C(=O)N1CCC(N2CCC[C@H](C(=O)N3CCCC3)C2)CC1. The first-order valence-corrected chi connectivity index (χ1v) is 10.9. The van der Waals surface area contributed by atoms with Crippen molar-refractivity contribution in [3.63, 3.8) is 0 Å². The molecule has 0 aromatic carbocycles. The van der Waals surface area contributed by atoms with E-state index in [-0.39, 0.29) is 11.8 Å². The monoisotopic (exact) mass is 387 g/mol. The summed E-state index contributed by atoms with van der Waals surface area (Å²) in [5.74, 6) is 0.649. The van der Waals surface area contributed by atoms with Crippen molar-refractivity contribution in [2.45, 2.75) is 51.5 Å². The van der Waals surface area contributed by atoms with Crippen LogP contribution in [0.5, 0.6) is 0 Å². The Bertz CT molecular complexity index is 716. The summed E-state index contributed by atoms with van der Waals surface area (Å²) in [6.07, 6.45) is 8.27. The highest BCUT2D eigenvalue weighted by Crippen LogP contribution is 2.26. The Labute approximate surface area is 167 Å². The van der Waals surface area contributed by atoms with Crippen LogP contribution in [-0.4, -0.2) is 81.6 Å². The normalized spacial score (nSPS) is 24.7. The van der Waals surface area contributed by atoms with Gasteiger partial charge >= 0.3 is 0 Å². The number of aromatic nitrogens is 2. The molecule has 3 fully saturated rings. The number of likely N-dealkylation sites (tertiary alicyclic amines) is 3. The van der Waals surface area contributed by atoms with Crippen LogP contribution >= 0.6 is 0 Å². The third-order valence-corrected chi connectivity index (χ3v) is 6.73. The molecule has 28 heavy (non-hydrogen) atoms. The molecule has 0 radical (unpaired) electrons. The molecule has 0 bridgehead atoms. The van der Waals surface area contributed by atoms with Crippen LogP contribution in [-0.2, 0) is 11.8 Å². The number of carbonyl (C=O) groups excluding carboxylic acids is 2. The molecule has 1 aromatic heterocycles. The van der Waals surface area contributed by atoms with Crippen molar-refractivity contribution in [3.8, 4) is 0 Å². The van der Waals surface area contributed by atoms with E-state index in [2.05, 4.69) is 14.9 Å². The molecule has 0 unspecified atom stereocenters. The van der Waals surface area contributed by atoms with Gasteiger partial charge in [-0.05, 0) is 52.0 Å². The summed E-state index contributed by atoms with van der Waals surface area (Å²) >= 11 is 0. The van der Waals surface area contributed by atoms with Gasteiger partial charge in [-0.15, -0.1) is 0 Å². The lowest BCUT2D eigenvalue weighted by Crippen LogP contribution is -2.51. The summed E-state index contributed by atoms with van der Waals surface area (Å²) in [6, 6.07) is 0.494. The maximum atomic E-state index is 12.8. The van der Waals surface area contributed by atoms with E-state index in [9.17, 15) is 9.59 Å². The molecule has 0 saturated carbocycles. The zero-order valence-electron chi connectivity index (χ0n) is 17.3. The minimum absolute atomic E-state index is 0.102. The molecule has 7 heteroatoms. The van der Waals surface area contributed by atoms with Crippen molar-refractivity contribution in [2.75, 3.05) is 39.3 Å². The summed E-state index contributed by atoms with van der Waals surface area (Å²) in [4.78, 5) is 32.2. The summed E-state index contributed by atoms with van der Waals surface area (Å²) < 4.78 is 1.71. The Morgan fingerprint density at radius 3 is 2.32 bits per heavy atom. The van der Waals surface area contributed by atoms with E-state index >= 15 is 0 Å². The highest BCUT2D eigenvalue weighted by atomic mass is 16.2. The molecule has 3 aliphatic rings. The van der Waals surface area contributed by atoms with E-state index < -0.39 is 0 Å². The van der Waals surface area contributed by atoms with Crippen LogP contribution < -0.4 is 0 Å². The molecule has 4 rings (SSSR count). The van der Waals surface area contributed by atoms with Gasteiger partial charge in [-0.1, -0.05) is 0 Å². The number of aryl methyl sites for hydroxylation is 2. The fourth-order valence-corrected chi connectivity index (χ4v) is 5.15.